The second-order valence-electron chi connectivity index (χ2n) is 4.32. The molecular formula is C14H15BrFN3O. The molecule has 0 spiro atoms. The third-order valence-electron chi connectivity index (χ3n) is 3.01. The Morgan fingerprint density at radius 3 is 2.85 bits per heavy atom. The van der Waals surface area contributed by atoms with Gasteiger partial charge >= 0.3 is 0 Å². The first-order valence-corrected chi connectivity index (χ1v) is 6.82. The van der Waals surface area contributed by atoms with E-state index in [2.05, 4.69) is 26.3 Å². The van der Waals surface area contributed by atoms with Crippen LogP contribution in [-0.4, -0.2) is 12.1 Å². The van der Waals surface area contributed by atoms with Gasteiger partial charge in [0, 0.05) is 10.7 Å². The van der Waals surface area contributed by atoms with Crippen LogP contribution in [-0.2, 0) is 6.42 Å². The lowest BCUT2D eigenvalue weighted by atomic mass is 10.0. The molecule has 0 aliphatic rings. The number of hydrazine groups is 1. The van der Waals surface area contributed by atoms with Crippen LogP contribution in [0, 0.1) is 5.82 Å². The van der Waals surface area contributed by atoms with E-state index < -0.39 is 0 Å². The van der Waals surface area contributed by atoms with Crippen molar-refractivity contribution >= 4 is 15.9 Å². The molecule has 0 amide bonds. The largest absolute Gasteiger partial charge is 0.497 e. The SMILES string of the molecule is COc1ccc(Br)c(CC(NN)c2cncc(F)c2)c1. The van der Waals surface area contributed by atoms with Crippen LogP contribution in [0.25, 0.3) is 0 Å². The van der Waals surface area contributed by atoms with Gasteiger partial charge in [-0.25, -0.2) is 4.39 Å². The molecule has 0 aliphatic carbocycles. The third kappa shape index (κ3) is 3.53. The Labute approximate surface area is 125 Å². The van der Waals surface area contributed by atoms with Crippen LogP contribution in [0.2, 0.25) is 0 Å². The Kier molecular flexibility index (Phi) is 5.05. The standard InChI is InChI=1S/C14H15BrFN3O/c1-20-12-2-3-13(15)9(5-12)6-14(19-17)10-4-11(16)8-18-7-10/h2-5,7-8,14,19H,6,17H2,1H3. The maximum atomic E-state index is 13.2. The van der Waals surface area contributed by atoms with Crippen LogP contribution in [0.3, 0.4) is 0 Å². The van der Waals surface area contributed by atoms with E-state index in [0.29, 0.717) is 12.0 Å². The molecule has 0 saturated carbocycles. The summed E-state index contributed by atoms with van der Waals surface area (Å²) in [6.07, 6.45) is 3.35. The van der Waals surface area contributed by atoms with Gasteiger partial charge in [-0.3, -0.25) is 16.3 Å². The molecule has 6 heteroatoms. The summed E-state index contributed by atoms with van der Waals surface area (Å²) in [6.45, 7) is 0. The minimum Gasteiger partial charge on any atom is -0.497 e. The first kappa shape index (κ1) is 14.9. The molecular weight excluding hydrogens is 325 g/mol. The van der Waals surface area contributed by atoms with Crippen LogP contribution in [0.1, 0.15) is 17.2 Å². The fourth-order valence-electron chi connectivity index (χ4n) is 1.95. The highest BCUT2D eigenvalue weighted by Gasteiger charge is 2.14. The maximum absolute atomic E-state index is 13.2. The maximum Gasteiger partial charge on any atom is 0.141 e. The number of nitrogens with zero attached hydrogens (tertiary/aromatic N) is 1. The third-order valence-corrected chi connectivity index (χ3v) is 3.78. The lowest BCUT2D eigenvalue weighted by molar-refractivity contribution is 0.413. The summed E-state index contributed by atoms with van der Waals surface area (Å²) >= 11 is 3.49. The number of ether oxygens (including phenoxy) is 1. The summed E-state index contributed by atoms with van der Waals surface area (Å²) < 4.78 is 19.4. The van der Waals surface area contributed by atoms with E-state index in [1.807, 2.05) is 18.2 Å². The van der Waals surface area contributed by atoms with E-state index in [1.165, 1.54) is 12.3 Å². The molecule has 2 rings (SSSR count). The number of benzene rings is 1. The molecule has 106 valence electrons. The summed E-state index contributed by atoms with van der Waals surface area (Å²) in [7, 11) is 1.61. The lowest BCUT2D eigenvalue weighted by Gasteiger charge is -2.17. The Morgan fingerprint density at radius 2 is 2.20 bits per heavy atom. The van der Waals surface area contributed by atoms with E-state index in [0.717, 1.165) is 15.8 Å². The number of methoxy groups -OCH3 is 1. The number of hydrogen-bond acceptors (Lipinski definition) is 4. The zero-order valence-corrected chi connectivity index (χ0v) is 12.5. The average Bonchev–Trinajstić information content (AvgIpc) is 2.46. The molecule has 0 fully saturated rings. The second kappa shape index (κ2) is 6.78. The fraction of sp³-hybridized carbons (Fsp3) is 0.214. The molecule has 0 bridgehead atoms. The molecule has 3 N–H and O–H groups in total. The smallest absolute Gasteiger partial charge is 0.141 e. The molecule has 4 nitrogen and oxygen atoms in total. The van der Waals surface area contributed by atoms with Gasteiger partial charge in [-0.1, -0.05) is 15.9 Å². The number of aromatic nitrogens is 1. The van der Waals surface area contributed by atoms with Crippen molar-refractivity contribution in [2.45, 2.75) is 12.5 Å². The van der Waals surface area contributed by atoms with Gasteiger partial charge in [-0.15, -0.1) is 0 Å². The minimum absolute atomic E-state index is 0.235. The molecule has 0 aliphatic heterocycles. The van der Waals surface area contributed by atoms with Crippen molar-refractivity contribution in [1.29, 1.82) is 0 Å². The van der Waals surface area contributed by atoms with Gasteiger partial charge in [-0.2, -0.15) is 0 Å². The van der Waals surface area contributed by atoms with Crippen molar-refractivity contribution in [1.82, 2.24) is 10.4 Å². The molecule has 0 radical (unpaired) electrons. The number of halogens is 2. The molecule has 1 heterocycles. The molecule has 0 saturated heterocycles. The molecule has 1 aromatic carbocycles. The molecule has 1 aromatic heterocycles. The van der Waals surface area contributed by atoms with E-state index in [1.54, 1.807) is 13.3 Å². The number of pyridine rings is 1. The van der Waals surface area contributed by atoms with E-state index in [4.69, 9.17) is 10.6 Å². The number of nitrogens with two attached hydrogens (primary N) is 1. The van der Waals surface area contributed by atoms with Gasteiger partial charge in [-0.05, 0) is 41.8 Å². The van der Waals surface area contributed by atoms with Crippen LogP contribution < -0.4 is 16.0 Å². The summed E-state index contributed by atoms with van der Waals surface area (Å²) in [6, 6.07) is 6.88. The molecule has 20 heavy (non-hydrogen) atoms. The van der Waals surface area contributed by atoms with Crippen molar-refractivity contribution in [3.63, 3.8) is 0 Å². The monoisotopic (exact) mass is 339 g/mol. The van der Waals surface area contributed by atoms with Gasteiger partial charge in [0.05, 0.1) is 19.3 Å². The van der Waals surface area contributed by atoms with E-state index in [9.17, 15) is 4.39 Å². The number of rotatable bonds is 5. The Balaban J connectivity index is 2.26. The number of nitrogens with one attached hydrogen (secondary N) is 1. The van der Waals surface area contributed by atoms with Gasteiger partial charge in [0.15, 0.2) is 0 Å². The van der Waals surface area contributed by atoms with Crippen molar-refractivity contribution < 1.29 is 9.13 Å². The fourth-order valence-corrected chi connectivity index (χ4v) is 2.35. The van der Waals surface area contributed by atoms with Crippen molar-refractivity contribution in [3.05, 3.63) is 58.1 Å². The first-order valence-electron chi connectivity index (χ1n) is 6.03. The first-order chi connectivity index (χ1) is 9.63. The summed E-state index contributed by atoms with van der Waals surface area (Å²) in [5.74, 6) is 5.96. The van der Waals surface area contributed by atoms with Crippen LogP contribution in [0.5, 0.6) is 5.75 Å². The highest BCUT2D eigenvalue weighted by molar-refractivity contribution is 9.10. The molecule has 2 aromatic rings. The summed E-state index contributed by atoms with van der Waals surface area (Å²) in [5.41, 5.74) is 4.40. The van der Waals surface area contributed by atoms with Crippen LogP contribution >= 0.6 is 15.9 Å². The minimum atomic E-state index is -0.382. The predicted octanol–water partition coefficient (Wildman–Crippen LogP) is 2.74. The van der Waals surface area contributed by atoms with E-state index in [-0.39, 0.29) is 11.9 Å². The van der Waals surface area contributed by atoms with Crippen molar-refractivity contribution in [2.24, 2.45) is 5.84 Å². The van der Waals surface area contributed by atoms with E-state index >= 15 is 0 Å². The van der Waals surface area contributed by atoms with Gasteiger partial charge in [0.1, 0.15) is 11.6 Å². The highest BCUT2D eigenvalue weighted by atomic mass is 79.9. The Hall–Kier alpha value is -1.50. The second-order valence-corrected chi connectivity index (χ2v) is 5.17. The van der Waals surface area contributed by atoms with Crippen LogP contribution in [0.15, 0.2) is 41.1 Å². The van der Waals surface area contributed by atoms with Crippen LogP contribution in [0.4, 0.5) is 4.39 Å². The molecule has 1 unspecified atom stereocenters. The summed E-state index contributed by atoms with van der Waals surface area (Å²) in [4.78, 5) is 3.84. The normalized spacial score (nSPS) is 12.2. The Morgan fingerprint density at radius 1 is 1.40 bits per heavy atom. The van der Waals surface area contributed by atoms with Gasteiger partial charge < -0.3 is 4.74 Å². The zero-order chi connectivity index (χ0) is 14.5. The van der Waals surface area contributed by atoms with Crippen molar-refractivity contribution in [3.8, 4) is 5.75 Å². The quantitative estimate of drug-likeness (QED) is 0.649. The Bertz CT molecular complexity index is 594. The van der Waals surface area contributed by atoms with Gasteiger partial charge in [0.25, 0.3) is 0 Å². The molecule has 1 atom stereocenters. The number of hydrogen-bond donors (Lipinski definition) is 2. The summed E-state index contributed by atoms with van der Waals surface area (Å²) in [5, 5.41) is 0. The lowest BCUT2D eigenvalue weighted by Crippen LogP contribution is -2.29. The predicted molar refractivity (Wildman–Crippen MR) is 78.7 cm³/mol. The highest BCUT2D eigenvalue weighted by Crippen LogP contribution is 2.27. The topological polar surface area (TPSA) is 60.2 Å². The average molecular weight is 340 g/mol. The van der Waals surface area contributed by atoms with Gasteiger partial charge in [0.2, 0.25) is 0 Å². The van der Waals surface area contributed by atoms with Crippen molar-refractivity contribution in [2.75, 3.05) is 7.11 Å². The zero-order valence-electron chi connectivity index (χ0n) is 10.9.